The summed E-state index contributed by atoms with van der Waals surface area (Å²) in [7, 11) is 0. The van der Waals surface area contributed by atoms with E-state index in [1.165, 1.54) is 12.1 Å². The molecule has 1 aliphatic rings. The second-order valence-electron chi connectivity index (χ2n) is 3.22. The Bertz CT molecular complexity index is 354. The SMILES string of the molecule is O=C1[N]CCN1Cc1cccc(F)c1. The Morgan fingerprint density at radius 3 is 3.00 bits per heavy atom. The van der Waals surface area contributed by atoms with Gasteiger partial charge in [0, 0.05) is 13.1 Å². The first-order chi connectivity index (χ1) is 6.75. The number of amides is 2. The largest absolute Gasteiger partial charge is 0.339 e. The maximum Gasteiger partial charge on any atom is 0.339 e. The van der Waals surface area contributed by atoms with Crippen LogP contribution >= 0.6 is 0 Å². The molecule has 0 aliphatic carbocycles. The predicted molar refractivity (Wildman–Crippen MR) is 49.2 cm³/mol. The van der Waals surface area contributed by atoms with E-state index in [-0.39, 0.29) is 11.8 Å². The molecular formula is C10H10FN2O. The minimum Gasteiger partial charge on any atom is -0.317 e. The van der Waals surface area contributed by atoms with E-state index in [0.29, 0.717) is 19.6 Å². The Morgan fingerprint density at radius 1 is 1.50 bits per heavy atom. The van der Waals surface area contributed by atoms with Crippen molar-refractivity contribution in [1.29, 1.82) is 0 Å². The van der Waals surface area contributed by atoms with Gasteiger partial charge in [0.1, 0.15) is 5.82 Å². The molecule has 1 aromatic carbocycles. The molecule has 1 aliphatic heterocycles. The molecule has 3 nitrogen and oxygen atoms in total. The third-order valence-corrected chi connectivity index (χ3v) is 2.15. The molecule has 0 aromatic heterocycles. The molecule has 1 radical (unpaired) electrons. The van der Waals surface area contributed by atoms with Gasteiger partial charge in [-0.3, -0.25) is 0 Å². The second kappa shape index (κ2) is 3.65. The summed E-state index contributed by atoms with van der Waals surface area (Å²) in [5.74, 6) is -0.272. The Balaban J connectivity index is 2.07. The van der Waals surface area contributed by atoms with Crippen LogP contribution in [0.15, 0.2) is 24.3 Å². The van der Waals surface area contributed by atoms with E-state index in [2.05, 4.69) is 5.32 Å². The van der Waals surface area contributed by atoms with Gasteiger partial charge in [0.2, 0.25) is 0 Å². The molecule has 1 fully saturated rings. The Morgan fingerprint density at radius 2 is 2.36 bits per heavy atom. The van der Waals surface area contributed by atoms with Crippen molar-refractivity contribution in [3.63, 3.8) is 0 Å². The molecule has 0 spiro atoms. The third kappa shape index (κ3) is 1.84. The Labute approximate surface area is 81.5 Å². The van der Waals surface area contributed by atoms with Crippen LogP contribution in [0.5, 0.6) is 0 Å². The molecular weight excluding hydrogens is 183 g/mol. The van der Waals surface area contributed by atoms with Crippen molar-refractivity contribution in [1.82, 2.24) is 10.2 Å². The lowest BCUT2D eigenvalue weighted by Gasteiger charge is -2.13. The van der Waals surface area contributed by atoms with Crippen LogP contribution in [-0.2, 0) is 6.54 Å². The van der Waals surface area contributed by atoms with Crippen LogP contribution in [0.2, 0.25) is 0 Å². The fraction of sp³-hybridized carbons (Fsp3) is 0.300. The lowest BCUT2D eigenvalue weighted by Crippen LogP contribution is -2.25. The third-order valence-electron chi connectivity index (χ3n) is 2.15. The zero-order valence-corrected chi connectivity index (χ0v) is 7.61. The van der Waals surface area contributed by atoms with Crippen molar-refractivity contribution >= 4 is 6.03 Å². The van der Waals surface area contributed by atoms with E-state index >= 15 is 0 Å². The van der Waals surface area contributed by atoms with E-state index < -0.39 is 0 Å². The highest BCUT2D eigenvalue weighted by atomic mass is 19.1. The maximum absolute atomic E-state index is 12.8. The normalized spacial score (nSPS) is 15.8. The summed E-state index contributed by atoms with van der Waals surface area (Å²) in [5.41, 5.74) is 0.801. The molecule has 4 heteroatoms. The van der Waals surface area contributed by atoms with Crippen LogP contribution in [-0.4, -0.2) is 24.0 Å². The van der Waals surface area contributed by atoms with Gasteiger partial charge in [-0.2, -0.15) is 0 Å². The van der Waals surface area contributed by atoms with Gasteiger partial charge in [-0.1, -0.05) is 12.1 Å². The van der Waals surface area contributed by atoms with Crippen molar-refractivity contribution in [2.75, 3.05) is 13.1 Å². The van der Waals surface area contributed by atoms with Crippen LogP contribution in [0.3, 0.4) is 0 Å². The number of benzene rings is 1. The smallest absolute Gasteiger partial charge is 0.317 e. The highest BCUT2D eigenvalue weighted by Crippen LogP contribution is 2.09. The van der Waals surface area contributed by atoms with Crippen LogP contribution in [0, 0.1) is 5.82 Å². The Hall–Kier alpha value is -1.58. The first-order valence-corrected chi connectivity index (χ1v) is 4.46. The molecule has 0 bridgehead atoms. The number of carbonyl (C=O) groups is 1. The van der Waals surface area contributed by atoms with Crippen molar-refractivity contribution in [3.8, 4) is 0 Å². The van der Waals surface area contributed by atoms with Gasteiger partial charge >= 0.3 is 6.03 Å². The van der Waals surface area contributed by atoms with Gasteiger partial charge in [-0.05, 0) is 17.7 Å². The molecule has 2 rings (SSSR count). The van der Waals surface area contributed by atoms with Crippen LogP contribution in [0.1, 0.15) is 5.56 Å². The molecule has 2 amide bonds. The first-order valence-electron chi connectivity index (χ1n) is 4.46. The fourth-order valence-electron chi connectivity index (χ4n) is 1.46. The summed E-state index contributed by atoms with van der Waals surface area (Å²) in [6.45, 7) is 1.63. The number of urea groups is 1. The summed E-state index contributed by atoms with van der Waals surface area (Å²) in [6, 6.07) is 6.07. The second-order valence-corrected chi connectivity index (χ2v) is 3.22. The van der Waals surface area contributed by atoms with Crippen LogP contribution in [0.4, 0.5) is 9.18 Å². The molecule has 14 heavy (non-hydrogen) atoms. The first kappa shape index (κ1) is 8.99. The molecule has 1 aromatic rings. The summed E-state index contributed by atoms with van der Waals surface area (Å²) in [5, 5.41) is 3.73. The lowest BCUT2D eigenvalue weighted by atomic mass is 10.2. The number of hydrogen-bond donors (Lipinski definition) is 0. The quantitative estimate of drug-likeness (QED) is 0.698. The number of nitrogens with zero attached hydrogens (tertiary/aromatic N) is 2. The van der Waals surface area contributed by atoms with E-state index in [9.17, 15) is 9.18 Å². The van der Waals surface area contributed by atoms with Crippen molar-refractivity contribution in [2.45, 2.75) is 6.54 Å². The fourth-order valence-corrected chi connectivity index (χ4v) is 1.46. The predicted octanol–water partition coefficient (Wildman–Crippen LogP) is 1.37. The number of carbonyl (C=O) groups excluding carboxylic acids is 1. The highest BCUT2D eigenvalue weighted by Gasteiger charge is 2.20. The van der Waals surface area contributed by atoms with Gasteiger partial charge in [0.15, 0.2) is 0 Å². The monoisotopic (exact) mass is 193 g/mol. The van der Waals surface area contributed by atoms with Crippen LogP contribution < -0.4 is 5.32 Å². The summed E-state index contributed by atoms with van der Waals surface area (Å²) in [6.07, 6.45) is 0. The minimum absolute atomic E-state index is 0.200. The van der Waals surface area contributed by atoms with Crippen molar-refractivity contribution in [3.05, 3.63) is 35.6 Å². The molecule has 1 saturated heterocycles. The standard InChI is InChI=1S/C10H10FN2O/c11-9-3-1-2-8(6-9)7-13-5-4-12-10(13)14/h1-3,6H,4-5,7H2. The molecule has 0 N–H and O–H groups in total. The van der Waals surface area contributed by atoms with E-state index in [1.54, 1.807) is 17.0 Å². The van der Waals surface area contributed by atoms with Gasteiger partial charge in [-0.25, -0.2) is 14.5 Å². The number of rotatable bonds is 2. The number of halogens is 1. The average Bonchev–Trinajstić information content (AvgIpc) is 2.52. The van der Waals surface area contributed by atoms with Crippen molar-refractivity contribution in [2.24, 2.45) is 0 Å². The zero-order chi connectivity index (χ0) is 9.97. The molecule has 73 valence electrons. The summed E-state index contributed by atoms with van der Waals surface area (Å²) < 4.78 is 12.8. The van der Waals surface area contributed by atoms with Crippen LogP contribution in [0.25, 0.3) is 0 Å². The minimum atomic E-state index is -0.272. The van der Waals surface area contributed by atoms with E-state index in [0.717, 1.165) is 5.56 Å². The van der Waals surface area contributed by atoms with E-state index in [1.807, 2.05) is 0 Å². The van der Waals surface area contributed by atoms with Gasteiger partial charge in [0.05, 0.1) is 6.54 Å². The number of hydrogen-bond acceptors (Lipinski definition) is 1. The summed E-state index contributed by atoms with van der Waals surface area (Å²) in [4.78, 5) is 12.7. The highest BCUT2D eigenvalue weighted by molar-refractivity contribution is 5.75. The maximum atomic E-state index is 12.8. The van der Waals surface area contributed by atoms with Gasteiger partial charge in [0.25, 0.3) is 0 Å². The zero-order valence-electron chi connectivity index (χ0n) is 7.61. The van der Waals surface area contributed by atoms with Crippen molar-refractivity contribution < 1.29 is 9.18 Å². The molecule has 1 heterocycles. The topological polar surface area (TPSA) is 34.4 Å². The average molecular weight is 193 g/mol. The molecule has 0 saturated carbocycles. The summed E-state index contributed by atoms with van der Waals surface area (Å²) >= 11 is 0. The van der Waals surface area contributed by atoms with Gasteiger partial charge in [-0.15, -0.1) is 0 Å². The van der Waals surface area contributed by atoms with E-state index in [4.69, 9.17) is 0 Å². The Kier molecular flexibility index (Phi) is 2.35. The van der Waals surface area contributed by atoms with Gasteiger partial charge < -0.3 is 4.90 Å². The molecule has 0 atom stereocenters. The lowest BCUT2D eigenvalue weighted by molar-refractivity contribution is 0.215. The molecule has 0 unspecified atom stereocenters.